The summed E-state index contributed by atoms with van der Waals surface area (Å²) in [6.45, 7) is 2.51. The highest BCUT2D eigenvalue weighted by Gasteiger charge is 2.09. The van der Waals surface area contributed by atoms with Crippen LogP contribution in [0, 0.1) is 6.92 Å². The van der Waals surface area contributed by atoms with Gasteiger partial charge < -0.3 is 10.1 Å². The Morgan fingerprint density at radius 1 is 1.13 bits per heavy atom. The van der Waals surface area contributed by atoms with Crippen molar-refractivity contribution in [2.45, 2.75) is 19.8 Å². The van der Waals surface area contributed by atoms with Crippen LogP contribution >= 0.6 is 23.2 Å². The van der Waals surface area contributed by atoms with E-state index in [-0.39, 0.29) is 5.91 Å². The highest BCUT2D eigenvalue weighted by molar-refractivity contribution is 6.35. The maximum absolute atomic E-state index is 12.1. The first kappa shape index (κ1) is 17.6. The number of hydrogen-bond donors (Lipinski definition) is 1. The molecule has 0 spiro atoms. The molecular weight excluding hydrogens is 333 g/mol. The molecule has 3 nitrogen and oxygen atoms in total. The summed E-state index contributed by atoms with van der Waals surface area (Å²) in [5, 5.41) is 4.13. The number of benzene rings is 2. The number of methoxy groups -OCH3 is 1. The first-order valence-electron chi connectivity index (χ1n) is 7.33. The van der Waals surface area contributed by atoms with Gasteiger partial charge >= 0.3 is 0 Å². The Morgan fingerprint density at radius 2 is 1.91 bits per heavy atom. The minimum atomic E-state index is -0.0426. The summed E-state index contributed by atoms with van der Waals surface area (Å²) in [4.78, 5) is 12.1. The molecule has 0 aliphatic rings. The second-order valence-electron chi connectivity index (χ2n) is 5.33. The van der Waals surface area contributed by atoms with Gasteiger partial charge in [-0.15, -0.1) is 0 Å². The van der Waals surface area contributed by atoms with Gasteiger partial charge in [0.15, 0.2) is 0 Å². The summed E-state index contributed by atoms with van der Waals surface area (Å²) in [6, 6.07) is 11.2. The van der Waals surface area contributed by atoms with E-state index in [0.29, 0.717) is 29.4 Å². The van der Waals surface area contributed by atoms with E-state index < -0.39 is 0 Å². The van der Waals surface area contributed by atoms with Gasteiger partial charge in [0.1, 0.15) is 5.75 Å². The first-order chi connectivity index (χ1) is 11.0. The van der Waals surface area contributed by atoms with Crippen LogP contribution < -0.4 is 10.1 Å². The topological polar surface area (TPSA) is 38.3 Å². The molecule has 23 heavy (non-hydrogen) atoms. The monoisotopic (exact) mass is 351 g/mol. The average molecular weight is 352 g/mol. The summed E-state index contributed by atoms with van der Waals surface area (Å²) >= 11 is 12.0. The molecule has 1 N–H and O–H groups in total. The van der Waals surface area contributed by atoms with Crippen molar-refractivity contribution >= 4 is 29.1 Å². The van der Waals surface area contributed by atoms with Gasteiger partial charge in [0.05, 0.1) is 13.5 Å². The number of rotatable bonds is 6. The predicted octanol–water partition coefficient (Wildman–Crippen LogP) is 4.21. The van der Waals surface area contributed by atoms with Gasteiger partial charge in [-0.05, 0) is 37.1 Å². The van der Waals surface area contributed by atoms with Crippen LogP contribution in [0.2, 0.25) is 10.0 Å². The molecule has 0 radical (unpaired) electrons. The zero-order chi connectivity index (χ0) is 16.8. The lowest BCUT2D eigenvalue weighted by atomic mass is 10.1. The van der Waals surface area contributed by atoms with Crippen LogP contribution in [-0.2, 0) is 17.6 Å². The standard InChI is InChI=1S/C18H19Cl2NO2/c1-12-3-6-17(23-2)14(9-12)10-18(22)21-8-7-13-4-5-15(19)11-16(13)20/h3-6,9,11H,7-8,10H2,1-2H3,(H,21,22). The number of nitrogens with one attached hydrogen (secondary N) is 1. The maximum atomic E-state index is 12.1. The third kappa shape index (κ3) is 5.15. The van der Waals surface area contributed by atoms with Gasteiger partial charge in [-0.3, -0.25) is 4.79 Å². The minimum absolute atomic E-state index is 0.0426. The fourth-order valence-electron chi connectivity index (χ4n) is 2.34. The lowest BCUT2D eigenvalue weighted by Crippen LogP contribution is -2.27. The Bertz CT molecular complexity index is 701. The second-order valence-corrected chi connectivity index (χ2v) is 6.17. The molecule has 2 rings (SSSR count). The molecule has 0 heterocycles. The molecular formula is C18H19Cl2NO2. The Balaban J connectivity index is 1.89. The number of amides is 1. The van der Waals surface area contributed by atoms with Crippen molar-refractivity contribution < 1.29 is 9.53 Å². The molecule has 0 unspecified atom stereocenters. The predicted molar refractivity (Wildman–Crippen MR) is 94.6 cm³/mol. The summed E-state index contributed by atoms with van der Waals surface area (Å²) in [6.07, 6.45) is 0.950. The number of hydrogen-bond acceptors (Lipinski definition) is 2. The number of carbonyl (C=O) groups is 1. The summed E-state index contributed by atoms with van der Waals surface area (Å²) in [7, 11) is 1.61. The third-order valence-electron chi connectivity index (χ3n) is 3.52. The number of carbonyl (C=O) groups excluding carboxylic acids is 1. The second kappa shape index (κ2) is 8.23. The van der Waals surface area contributed by atoms with E-state index in [1.54, 1.807) is 19.2 Å². The summed E-state index contributed by atoms with van der Waals surface area (Å²) in [5.74, 6) is 0.686. The molecule has 0 fully saturated rings. The quantitative estimate of drug-likeness (QED) is 0.846. The normalized spacial score (nSPS) is 10.4. The van der Waals surface area contributed by atoms with Gasteiger partial charge in [0, 0.05) is 22.2 Å². The molecule has 0 atom stereocenters. The Kier molecular flexibility index (Phi) is 6.31. The van der Waals surface area contributed by atoms with E-state index in [0.717, 1.165) is 22.4 Å². The molecule has 0 saturated carbocycles. The largest absolute Gasteiger partial charge is 0.496 e. The smallest absolute Gasteiger partial charge is 0.224 e. The Labute approximate surface area is 146 Å². The molecule has 2 aromatic carbocycles. The lowest BCUT2D eigenvalue weighted by Gasteiger charge is -2.10. The Morgan fingerprint density at radius 3 is 2.61 bits per heavy atom. The van der Waals surface area contributed by atoms with Crippen molar-refractivity contribution in [1.82, 2.24) is 5.32 Å². The van der Waals surface area contributed by atoms with E-state index in [1.807, 2.05) is 31.2 Å². The van der Waals surface area contributed by atoms with Gasteiger partial charge in [-0.1, -0.05) is 47.0 Å². The summed E-state index contributed by atoms with van der Waals surface area (Å²) in [5.41, 5.74) is 2.94. The van der Waals surface area contributed by atoms with Gasteiger partial charge in [-0.2, -0.15) is 0 Å². The third-order valence-corrected chi connectivity index (χ3v) is 4.11. The van der Waals surface area contributed by atoms with Crippen LogP contribution in [0.5, 0.6) is 5.75 Å². The molecule has 5 heteroatoms. The molecule has 0 saturated heterocycles. The highest BCUT2D eigenvalue weighted by Crippen LogP contribution is 2.21. The van der Waals surface area contributed by atoms with Crippen molar-refractivity contribution in [2.75, 3.05) is 13.7 Å². The van der Waals surface area contributed by atoms with Crippen molar-refractivity contribution in [2.24, 2.45) is 0 Å². The Hall–Kier alpha value is -1.71. The van der Waals surface area contributed by atoms with Gasteiger partial charge in [0.2, 0.25) is 5.91 Å². The molecule has 0 bridgehead atoms. The van der Waals surface area contributed by atoms with E-state index in [2.05, 4.69) is 5.32 Å². The zero-order valence-electron chi connectivity index (χ0n) is 13.2. The number of halogens is 2. The van der Waals surface area contributed by atoms with Crippen LogP contribution in [0.3, 0.4) is 0 Å². The molecule has 0 aromatic heterocycles. The number of ether oxygens (including phenoxy) is 1. The molecule has 1 amide bonds. The van der Waals surface area contributed by atoms with E-state index >= 15 is 0 Å². The highest BCUT2D eigenvalue weighted by atomic mass is 35.5. The van der Waals surface area contributed by atoms with E-state index in [9.17, 15) is 4.79 Å². The van der Waals surface area contributed by atoms with Gasteiger partial charge in [-0.25, -0.2) is 0 Å². The summed E-state index contributed by atoms with van der Waals surface area (Å²) < 4.78 is 5.29. The first-order valence-corrected chi connectivity index (χ1v) is 8.09. The minimum Gasteiger partial charge on any atom is -0.496 e. The molecule has 2 aromatic rings. The van der Waals surface area contributed by atoms with Crippen LogP contribution in [0.25, 0.3) is 0 Å². The zero-order valence-corrected chi connectivity index (χ0v) is 14.7. The van der Waals surface area contributed by atoms with Crippen LogP contribution in [-0.4, -0.2) is 19.6 Å². The SMILES string of the molecule is COc1ccc(C)cc1CC(=O)NCCc1ccc(Cl)cc1Cl. The van der Waals surface area contributed by atoms with Gasteiger partial charge in [0.25, 0.3) is 0 Å². The molecule has 122 valence electrons. The van der Waals surface area contributed by atoms with Crippen LogP contribution in [0.1, 0.15) is 16.7 Å². The fraction of sp³-hybridized carbons (Fsp3) is 0.278. The van der Waals surface area contributed by atoms with Crippen molar-refractivity contribution in [1.29, 1.82) is 0 Å². The van der Waals surface area contributed by atoms with E-state index in [4.69, 9.17) is 27.9 Å². The fourth-order valence-corrected chi connectivity index (χ4v) is 2.84. The van der Waals surface area contributed by atoms with E-state index in [1.165, 1.54) is 0 Å². The van der Waals surface area contributed by atoms with Crippen molar-refractivity contribution in [3.8, 4) is 5.75 Å². The number of aryl methyl sites for hydroxylation is 1. The van der Waals surface area contributed by atoms with Crippen LogP contribution in [0.4, 0.5) is 0 Å². The van der Waals surface area contributed by atoms with Crippen LogP contribution in [0.15, 0.2) is 36.4 Å². The molecule has 0 aliphatic heterocycles. The van der Waals surface area contributed by atoms with Crippen molar-refractivity contribution in [3.05, 3.63) is 63.1 Å². The van der Waals surface area contributed by atoms with Crippen molar-refractivity contribution in [3.63, 3.8) is 0 Å². The lowest BCUT2D eigenvalue weighted by molar-refractivity contribution is -0.120. The molecule has 0 aliphatic carbocycles. The average Bonchev–Trinajstić information content (AvgIpc) is 2.50. The maximum Gasteiger partial charge on any atom is 0.224 e.